The summed E-state index contributed by atoms with van der Waals surface area (Å²) in [5.41, 5.74) is 0.213. The molecule has 4 rings (SSSR count). The van der Waals surface area contributed by atoms with E-state index in [-0.39, 0.29) is 18.7 Å². The molecule has 2 saturated heterocycles. The molecule has 0 spiro atoms. The predicted octanol–water partition coefficient (Wildman–Crippen LogP) is 3.10. The number of piperazine rings is 1. The summed E-state index contributed by atoms with van der Waals surface area (Å²) in [7, 11) is 1.51. The number of nitrogens with zero attached hydrogens (tertiary/aromatic N) is 2. The highest BCUT2D eigenvalue weighted by Gasteiger charge is 2.52. The van der Waals surface area contributed by atoms with Crippen LogP contribution in [0.5, 0.6) is 0 Å². The number of carbonyl (C=O) groups excluding carboxylic acids is 3. The first-order valence-corrected chi connectivity index (χ1v) is 12.4. The van der Waals surface area contributed by atoms with E-state index in [1.54, 1.807) is 4.90 Å². The first-order chi connectivity index (χ1) is 16.1. The predicted molar refractivity (Wildman–Crippen MR) is 123 cm³/mol. The Morgan fingerprint density at radius 2 is 1.82 bits per heavy atom. The highest BCUT2D eigenvalue weighted by atomic mass is 16.7. The minimum atomic E-state index is -1.10. The van der Waals surface area contributed by atoms with Gasteiger partial charge in [0.1, 0.15) is 18.4 Å². The van der Waals surface area contributed by atoms with E-state index in [1.807, 2.05) is 23.1 Å². The van der Waals surface area contributed by atoms with Gasteiger partial charge >= 0.3 is 0 Å². The summed E-state index contributed by atoms with van der Waals surface area (Å²) in [4.78, 5) is 43.6. The number of benzene rings is 1. The van der Waals surface area contributed by atoms with Crippen molar-refractivity contribution >= 4 is 17.6 Å². The van der Waals surface area contributed by atoms with Gasteiger partial charge in [-0.2, -0.15) is 0 Å². The van der Waals surface area contributed by atoms with Gasteiger partial charge in [-0.15, -0.1) is 0 Å². The summed E-state index contributed by atoms with van der Waals surface area (Å²) in [5, 5.41) is 0. The third kappa shape index (κ3) is 5.14. The zero-order valence-electron chi connectivity index (χ0n) is 19.7. The number of unbranched alkanes of at least 4 members (excludes halogenated alkanes) is 1. The average Bonchev–Trinajstić information content (AvgIpc) is 3.33. The van der Waals surface area contributed by atoms with Crippen molar-refractivity contribution in [2.45, 2.75) is 81.9 Å². The van der Waals surface area contributed by atoms with Crippen molar-refractivity contribution in [3.63, 3.8) is 0 Å². The summed E-state index contributed by atoms with van der Waals surface area (Å²) in [6.45, 7) is 1.21. The van der Waals surface area contributed by atoms with Gasteiger partial charge in [-0.3, -0.25) is 14.4 Å². The Labute approximate surface area is 196 Å². The van der Waals surface area contributed by atoms with Crippen LogP contribution in [-0.2, 0) is 30.3 Å². The number of hydrogen-bond donors (Lipinski definition) is 0. The Morgan fingerprint density at radius 3 is 2.55 bits per heavy atom. The normalized spacial score (nSPS) is 24.2. The molecule has 2 amide bonds. The first kappa shape index (κ1) is 23.9. The standard InChI is InChI=1S/C26H36N2O5/c1-32-19-33-26(15-6-7-16-26)23(29)25(31)28-21-13-9-14-22(28)24(30)27(18-21)17-8-5-12-20-10-3-2-4-11-20/h2-4,10-11,21-22H,5-9,12-19H2,1H3. The molecule has 0 aromatic heterocycles. The number of methoxy groups -OCH3 is 1. The molecule has 3 fully saturated rings. The number of amides is 2. The Kier molecular flexibility index (Phi) is 7.81. The second kappa shape index (κ2) is 10.8. The Hall–Kier alpha value is -2.25. The maximum absolute atomic E-state index is 13.4. The van der Waals surface area contributed by atoms with Crippen LogP contribution in [0.3, 0.4) is 0 Å². The highest BCUT2D eigenvalue weighted by Crippen LogP contribution is 2.37. The molecule has 1 aromatic carbocycles. The Bertz CT molecular complexity index is 836. The molecule has 7 nitrogen and oxygen atoms in total. The number of carbonyl (C=O) groups is 3. The van der Waals surface area contributed by atoms with E-state index >= 15 is 0 Å². The van der Waals surface area contributed by atoms with Gasteiger partial charge in [0.05, 0.1) is 6.04 Å². The summed E-state index contributed by atoms with van der Waals surface area (Å²) in [5.74, 6) is -1.05. The fourth-order valence-electron chi connectivity index (χ4n) is 5.71. The second-order valence-corrected chi connectivity index (χ2v) is 9.62. The summed E-state index contributed by atoms with van der Waals surface area (Å²) >= 11 is 0. The molecular formula is C26H36N2O5. The average molecular weight is 457 g/mol. The van der Waals surface area contributed by atoms with Gasteiger partial charge in [0.25, 0.3) is 11.7 Å². The van der Waals surface area contributed by atoms with E-state index in [2.05, 4.69) is 12.1 Å². The monoisotopic (exact) mass is 456 g/mol. The van der Waals surface area contributed by atoms with Crippen molar-refractivity contribution in [3.05, 3.63) is 35.9 Å². The van der Waals surface area contributed by atoms with E-state index in [4.69, 9.17) is 9.47 Å². The van der Waals surface area contributed by atoms with Crippen LogP contribution >= 0.6 is 0 Å². The Morgan fingerprint density at radius 1 is 1.06 bits per heavy atom. The van der Waals surface area contributed by atoms with E-state index in [9.17, 15) is 14.4 Å². The molecule has 2 aliphatic heterocycles. The lowest BCUT2D eigenvalue weighted by atomic mass is 9.87. The molecular weight excluding hydrogens is 420 g/mol. The number of ketones is 1. The van der Waals surface area contributed by atoms with Crippen molar-refractivity contribution in [2.24, 2.45) is 0 Å². The molecule has 1 saturated carbocycles. The van der Waals surface area contributed by atoms with Crippen molar-refractivity contribution in [2.75, 3.05) is 27.0 Å². The van der Waals surface area contributed by atoms with Crippen LogP contribution in [0.2, 0.25) is 0 Å². The maximum Gasteiger partial charge on any atom is 0.294 e. The first-order valence-electron chi connectivity index (χ1n) is 12.4. The minimum absolute atomic E-state index is 0.00917. The number of rotatable bonds is 10. The third-order valence-corrected chi connectivity index (χ3v) is 7.47. The van der Waals surface area contributed by atoms with Crippen LogP contribution in [0, 0.1) is 0 Å². The number of Topliss-reactive ketones (excluding diaryl/α,β-unsaturated/α-hetero) is 1. The molecule has 0 N–H and O–H groups in total. The smallest absolute Gasteiger partial charge is 0.294 e. The SMILES string of the molecule is COCOC1(C(=O)C(=O)N2C3CCCC2C(=O)N(CCCCc2ccccc2)C3)CCCC1. The molecule has 3 aliphatic rings. The van der Waals surface area contributed by atoms with Crippen LogP contribution in [0.1, 0.15) is 63.4 Å². The summed E-state index contributed by atoms with van der Waals surface area (Å²) < 4.78 is 10.8. The zero-order valence-corrected chi connectivity index (χ0v) is 19.7. The quantitative estimate of drug-likeness (QED) is 0.307. The molecule has 2 atom stereocenters. The molecule has 180 valence electrons. The number of fused-ring (bicyclic) bond motifs is 2. The van der Waals surface area contributed by atoms with Gasteiger partial charge < -0.3 is 19.3 Å². The third-order valence-electron chi connectivity index (χ3n) is 7.47. The molecule has 0 radical (unpaired) electrons. The van der Waals surface area contributed by atoms with Crippen molar-refractivity contribution in [3.8, 4) is 0 Å². The fourth-order valence-corrected chi connectivity index (χ4v) is 5.71. The van der Waals surface area contributed by atoms with Crippen molar-refractivity contribution < 1.29 is 23.9 Å². The van der Waals surface area contributed by atoms with Crippen LogP contribution in [0.4, 0.5) is 0 Å². The van der Waals surface area contributed by atoms with Crippen LogP contribution < -0.4 is 0 Å². The Balaban J connectivity index is 1.38. The number of aryl methyl sites for hydroxylation is 1. The lowest BCUT2D eigenvalue weighted by molar-refractivity contribution is -0.177. The molecule has 2 unspecified atom stereocenters. The van der Waals surface area contributed by atoms with Gasteiger partial charge in [0, 0.05) is 20.2 Å². The van der Waals surface area contributed by atoms with E-state index < -0.39 is 23.3 Å². The van der Waals surface area contributed by atoms with Crippen molar-refractivity contribution in [1.82, 2.24) is 9.80 Å². The van der Waals surface area contributed by atoms with Gasteiger partial charge in [-0.05, 0) is 69.8 Å². The highest BCUT2D eigenvalue weighted by molar-refractivity contribution is 6.39. The number of ether oxygens (including phenoxy) is 2. The molecule has 2 bridgehead atoms. The zero-order chi connectivity index (χ0) is 23.3. The number of likely N-dealkylation sites (tertiary alicyclic amines) is 1. The van der Waals surface area contributed by atoms with Crippen molar-refractivity contribution in [1.29, 1.82) is 0 Å². The number of hydrogen-bond acceptors (Lipinski definition) is 5. The molecule has 1 aromatic rings. The van der Waals surface area contributed by atoms with E-state index in [0.29, 0.717) is 32.4 Å². The van der Waals surface area contributed by atoms with Crippen LogP contribution in [-0.4, -0.2) is 72.1 Å². The largest absolute Gasteiger partial charge is 0.359 e. The van der Waals surface area contributed by atoms with Gasteiger partial charge in [-0.25, -0.2) is 0 Å². The molecule has 2 heterocycles. The second-order valence-electron chi connectivity index (χ2n) is 9.62. The van der Waals surface area contributed by atoms with E-state index in [0.717, 1.165) is 44.9 Å². The lowest BCUT2D eigenvalue weighted by Gasteiger charge is -2.49. The van der Waals surface area contributed by atoms with Crippen LogP contribution in [0.25, 0.3) is 0 Å². The maximum atomic E-state index is 13.4. The van der Waals surface area contributed by atoms with Gasteiger partial charge in [-0.1, -0.05) is 30.3 Å². The summed E-state index contributed by atoms with van der Waals surface area (Å²) in [6.07, 6.45) is 8.08. The van der Waals surface area contributed by atoms with Gasteiger partial charge in [0.2, 0.25) is 5.91 Å². The fraction of sp³-hybridized carbons (Fsp3) is 0.654. The minimum Gasteiger partial charge on any atom is -0.359 e. The topological polar surface area (TPSA) is 76.1 Å². The molecule has 1 aliphatic carbocycles. The van der Waals surface area contributed by atoms with Crippen LogP contribution in [0.15, 0.2) is 30.3 Å². The molecule has 7 heteroatoms. The molecule has 33 heavy (non-hydrogen) atoms. The van der Waals surface area contributed by atoms with Gasteiger partial charge in [0.15, 0.2) is 0 Å². The van der Waals surface area contributed by atoms with E-state index in [1.165, 1.54) is 12.7 Å². The lowest BCUT2D eigenvalue weighted by Crippen LogP contribution is -2.67. The summed E-state index contributed by atoms with van der Waals surface area (Å²) in [6, 6.07) is 9.76. The number of piperidine rings is 1.